The van der Waals surface area contributed by atoms with Crippen LogP contribution in [0.4, 0.5) is 0 Å². The monoisotopic (exact) mass is 221 g/mol. The van der Waals surface area contributed by atoms with Crippen LogP contribution in [0, 0.1) is 0 Å². The minimum Gasteiger partial charge on any atom is -0.454 e. The molecule has 0 amide bonds. The predicted octanol–water partition coefficient (Wildman–Crippen LogP) is 1.68. The van der Waals surface area contributed by atoms with Gasteiger partial charge in [-0.15, -0.1) is 0 Å². The van der Waals surface area contributed by atoms with Crippen LogP contribution < -0.4 is 9.47 Å². The molecule has 1 aromatic carbocycles. The lowest BCUT2D eigenvalue weighted by Gasteiger charge is -2.03. The number of ether oxygens (including phenoxy) is 2. The lowest BCUT2D eigenvalue weighted by Crippen LogP contribution is -1.95. The number of carbonyl (C=O) groups excluding carboxylic acids is 1. The average Bonchev–Trinajstić information content (AvgIpc) is 2.81. The number of hydrogen-bond donors (Lipinski definition) is 1. The number of rotatable bonds is 2. The molecule has 2 rings (SSSR count). The molecule has 1 aromatic rings. The Labute approximate surface area is 92.6 Å². The smallest absolute Gasteiger partial charge is 0.231 e. The predicted molar refractivity (Wildman–Crippen MR) is 59.2 cm³/mol. The van der Waals surface area contributed by atoms with Gasteiger partial charge in [0.25, 0.3) is 0 Å². The van der Waals surface area contributed by atoms with Gasteiger partial charge in [0.1, 0.15) is 6.79 Å². The fourth-order valence-electron chi connectivity index (χ4n) is 1.38. The van der Waals surface area contributed by atoms with Crippen LogP contribution in [0.3, 0.4) is 0 Å². The number of oxime groups is 1. The van der Waals surface area contributed by atoms with Crippen molar-refractivity contribution in [2.75, 3.05) is 6.79 Å². The van der Waals surface area contributed by atoms with E-state index in [0.29, 0.717) is 17.1 Å². The highest BCUT2D eigenvalue weighted by atomic mass is 16.7. The molecule has 0 unspecified atom stereocenters. The van der Waals surface area contributed by atoms with Crippen molar-refractivity contribution in [2.24, 2.45) is 5.16 Å². The number of hydrogen-bond acceptors (Lipinski definition) is 5. The fraction of sp³-hybridized carbons (Fsp3) is 0.0909. The Hall–Kier alpha value is -2.30. The van der Waals surface area contributed by atoms with Crippen molar-refractivity contribution in [2.45, 2.75) is 0 Å². The van der Waals surface area contributed by atoms with Crippen LogP contribution in [-0.4, -0.2) is 25.0 Å². The highest BCUT2D eigenvalue weighted by Crippen LogP contribution is 2.36. The largest absolute Gasteiger partial charge is 0.454 e. The molecule has 0 atom stereocenters. The summed E-state index contributed by atoms with van der Waals surface area (Å²) in [7, 11) is 0. The Morgan fingerprint density at radius 2 is 2.12 bits per heavy atom. The zero-order valence-corrected chi connectivity index (χ0v) is 8.55. The molecule has 1 aliphatic rings. The number of fused-ring (bicyclic) bond motifs is 1. The SMILES string of the molecule is C=Cc1ccc2c(c1C=NO)OCO2.C=O. The summed E-state index contributed by atoms with van der Waals surface area (Å²) in [6.45, 7) is 5.86. The van der Waals surface area contributed by atoms with Gasteiger partial charge in [-0.05, 0) is 11.6 Å². The lowest BCUT2D eigenvalue weighted by molar-refractivity contribution is -0.0979. The van der Waals surface area contributed by atoms with E-state index in [0.717, 1.165) is 5.56 Å². The van der Waals surface area contributed by atoms with Gasteiger partial charge in [0, 0.05) is 5.56 Å². The summed E-state index contributed by atoms with van der Waals surface area (Å²) in [5.41, 5.74) is 1.52. The molecule has 0 saturated heterocycles. The third-order valence-corrected chi connectivity index (χ3v) is 2.02. The first-order valence-electron chi connectivity index (χ1n) is 4.38. The molecule has 16 heavy (non-hydrogen) atoms. The molecule has 0 spiro atoms. The standard InChI is InChI=1S/C10H9NO3.CH2O/c1-2-7-3-4-9-10(14-6-13-9)8(7)5-11-12;1-2/h2-5,12H,1,6H2;1H2. The molecule has 0 bridgehead atoms. The lowest BCUT2D eigenvalue weighted by atomic mass is 10.1. The Kier molecular flexibility index (Phi) is 4.08. The van der Waals surface area contributed by atoms with Crippen LogP contribution >= 0.6 is 0 Å². The van der Waals surface area contributed by atoms with Crippen LogP contribution in [-0.2, 0) is 4.79 Å². The molecule has 84 valence electrons. The van der Waals surface area contributed by atoms with E-state index < -0.39 is 0 Å². The summed E-state index contributed by atoms with van der Waals surface area (Å²) >= 11 is 0. The van der Waals surface area contributed by atoms with E-state index >= 15 is 0 Å². The first-order valence-corrected chi connectivity index (χ1v) is 4.38. The molecule has 0 aliphatic carbocycles. The van der Waals surface area contributed by atoms with E-state index in [1.54, 1.807) is 12.1 Å². The molecule has 5 nitrogen and oxygen atoms in total. The highest BCUT2D eigenvalue weighted by Gasteiger charge is 2.18. The van der Waals surface area contributed by atoms with Crippen LogP contribution in [0.2, 0.25) is 0 Å². The van der Waals surface area contributed by atoms with E-state index in [1.165, 1.54) is 6.21 Å². The molecular weight excluding hydrogens is 210 g/mol. The van der Waals surface area contributed by atoms with E-state index in [-0.39, 0.29) is 6.79 Å². The second kappa shape index (κ2) is 5.55. The molecule has 1 aliphatic heterocycles. The van der Waals surface area contributed by atoms with E-state index in [4.69, 9.17) is 19.5 Å². The van der Waals surface area contributed by atoms with E-state index in [9.17, 15) is 0 Å². The topological polar surface area (TPSA) is 68.1 Å². The summed E-state index contributed by atoms with van der Waals surface area (Å²) in [6, 6.07) is 3.63. The molecule has 0 saturated carbocycles. The fourth-order valence-corrected chi connectivity index (χ4v) is 1.38. The Balaban J connectivity index is 0.000000606. The van der Waals surface area contributed by atoms with Gasteiger partial charge in [-0.1, -0.05) is 23.9 Å². The molecule has 1 heterocycles. The van der Waals surface area contributed by atoms with Crippen LogP contribution in [0.15, 0.2) is 23.9 Å². The Bertz CT molecular complexity index is 415. The molecule has 0 radical (unpaired) electrons. The van der Waals surface area contributed by atoms with Gasteiger partial charge in [0.2, 0.25) is 6.79 Å². The summed E-state index contributed by atoms with van der Waals surface area (Å²) in [4.78, 5) is 8.00. The Morgan fingerprint density at radius 3 is 2.75 bits per heavy atom. The molecular formula is C11H11NO4. The van der Waals surface area contributed by atoms with Gasteiger partial charge in [0.05, 0.1) is 6.21 Å². The first kappa shape index (κ1) is 11.8. The Morgan fingerprint density at radius 1 is 1.38 bits per heavy atom. The first-order chi connectivity index (χ1) is 7.86. The molecule has 1 N–H and O–H groups in total. The maximum atomic E-state index is 8.51. The minimum absolute atomic E-state index is 0.197. The van der Waals surface area contributed by atoms with Crippen molar-refractivity contribution >= 4 is 19.1 Å². The maximum absolute atomic E-state index is 8.51. The van der Waals surface area contributed by atoms with Crippen LogP contribution in [0.5, 0.6) is 11.5 Å². The molecule has 0 fully saturated rings. The normalized spacial score (nSPS) is 12.0. The zero-order valence-electron chi connectivity index (χ0n) is 8.55. The summed E-state index contributed by atoms with van der Waals surface area (Å²) in [5.74, 6) is 1.26. The summed E-state index contributed by atoms with van der Waals surface area (Å²) in [6.07, 6.45) is 2.98. The van der Waals surface area contributed by atoms with Crippen molar-refractivity contribution in [1.82, 2.24) is 0 Å². The van der Waals surface area contributed by atoms with Gasteiger partial charge >= 0.3 is 0 Å². The van der Waals surface area contributed by atoms with Crippen molar-refractivity contribution in [1.29, 1.82) is 0 Å². The molecule has 0 aromatic heterocycles. The van der Waals surface area contributed by atoms with Crippen LogP contribution in [0.1, 0.15) is 11.1 Å². The second-order valence-corrected chi connectivity index (χ2v) is 2.75. The summed E-state index contributed by atoms with van der Waals surface area (Å²) < 4.78 is 10.4. The van der Waals surface area contributed by atoms with Gasteiger partial charge in [-0.2, -0.15) is 0 Å². The second-order valence-electron chi connectivity index (χ2n) is 2.75. The highest BCUT2D eigenvalue weighted by molar-refractivity contribution is 5.90. The third kappa shape index (κ3) is 2.03. The van der Waals surface area contributed by atoms with Crippen molar-refractivity contribution in [3.05, 3.63) is 29.8 Å². The zero-order chi connectivity index (χ0) is 12.0. The quantitative estimate of drug-likeness (QED) is 0.468. The van der Waals surface area contributed by atoms with Gasteiger partial charge in [-0.25, -0.2) is 0 Å². The summed E-state index contributed by atoms with van der Waals surface area (Å²) in [5, 5.41) is 11.5. The number of benzene rings is 1. The van der Waals surface area contributed by atoms with Gasteiger partial charge in [-0.3, -0.25) is 0 Å². The van der Waals surface area contributed by atoms with Crippen molar-refractivity contribution in [3.63, 3.8) is 0 Å². The molecule has 5 heteroatoms. The van der Waals surface area contributed by atoms with Crippen molar-refractivity contribution in [3.8, 4) is 11.5 Å². The average molecular weight is 221 g/mol. The van der Waals surface area contributed by atoms with Crippen molar-refractivity contribution < 1.29 is 19.5 Å². The van der Waals surface area contributed by atoms with Gasteiger partial charge in [0.15, 0.2) is 11.5 Å². The minimum atomic E-state index is 0.197. The maximum Gasteiger partial charge on any atom is 0.231 e. The number of carbonyl (C=O) groups is 1. The number of nitrogens with zero attached hydrogens (tertiary/aromatic N) is 1. The van der Waals surface area contributed by atoms with E-state index in [2.05, 4.69) is 11.7 Å². The third-order valence-electron chi connectivity index (χ3n) is 2.02. The van der Waals surface area contributed by atoms with Gasteiger partial charge < -0.3 is 19.5 Å². The van der Waals surface area contributed by atoms with Crippen LogP contribution in [0.25, 0.3) is 6.08 Å². The van der Waals surface area contributed by atoms with E-state index in [1.807, 2.05) is 12.9 Å².